The summed E-state index contributed by atoms with van der Waals surface area (Å²) >= 11 is 0. The quantitative estimate of drug-likeness (QED) is 0.737. The molecule has 2 saturated carbocycles. The van der Waals surface area contributed by atoms with Gasteiger partial charge in [-0.2, -0.15) is 0 Å². The summed E-state index contributed by atoms with van der Waals surface area (Å²) in [6.45, 7) is 3.02. The monoisotopic (exact) mass is 282 g/mol. The van der Waals surface area contributed by atoms with Crippen LogP contribution in [0.1, 0.15) is 71.1 Å². The molecule has 0 spiro atoms. The van der Waals surface area contributed by atoms with Crippen LogP contribution in [-0.4, -0.2) is 44.0 Å². The molecule has 0 bridgehead atoms. The van der Waals surface area contributed by atoms with E-state index in [0.717, 1.165) is 18.7 Å². The van der Waals surface area contributed by atoms with Crippen LogP contribution in [0.15, 0.2) is 0 Å². The summed E-state index contributed by atoms with van der Waals surface area (Å²) in [7, 11) is -0.183. The van der Waals surface area contributed by atoms with E-state index < -0.39 is 0 Å². The highest BCUT2D eigenvalue weighted by Gasteiger charge is 2.44. The van der Waals surface area contributed by atoms with Crippen molar-refractivity contribution in [2.24, 2.45) is 0 Å². The molecule has 1 aliphatic heterocycles. The standard InChI is InChI=1S/C15H30N2OSi/c1-2-18-15-16(13-9-5-3-6-10-13)19-17(15)14-11-7-4-8-12-14/h13-15H,2-12,19H2,1H3. The molecular weight excluding hydrogens is 252 g/mol. The molecule has 1 heterocycles. The molecule has 3 nitrogen and oxygen atoms in total. The Morgan fingerprint density at radius 1 is 0.842 bits per heavy atom. The average Bonchev–Trinajstić information content (AvgIpc) is 2.46. The fourth-order valence-electron chi connectivity index (χ4n) is 4.18. The topological polar surface area (TPSA) is 15.7 Å². The van der Waals surface area contributed by atoms with Gasteiger partial charge in [0.05, 0.1) is 0 Å². The van der Waals surface area contributed by atoms with Gasteiger partial charge in [0, 0.05) is 18.7 Å². The normalized spacial score (nSPS) is 33.6. The van der Waals surface area contributed by atoms with Gasteiger partial charge in [-0.15, -0.1) is 0 Å². The first kappa shape index (κ1) is 14.1. The molecular formula is C15H30N2OSi. The first-order chi connectivity index (χ1) is 9.40. The smallest absolute Gasteiger partial charge is 0.180 e. The van der Waals surface area contributed by atoms with E-state index in [9.17, 15) is 0 Å². The molecule has 4 heteroatoms. The van der Waals surface area contributed by atoms with Crippen LogP contribution in [0.5, 0.6) is 0 Å². The van der Waals surface area contributed by atoms with Crippen LogP contribution in [0.2, 0.25) is 0 Å². The Balaban J connectivity index is 1.57. The molecule has 0 atom stereocenters. The molecule has 110 valence electrons. The van der Waals surface area contributed by atoms with Gasteiger partial charge in [0.1, 0.15) is 0 Å². The molecule has 0 aromatic rings. The number of rotatable bonds is 4. The lowest BCUT2D eigenvalue weighted by molar-refractivity contribution is -0.164. The lowest BCUT2D eigenvalue weighted by Crippen LogP contribution is -2.73. The van der Waals surface area contributed by atoms with Crippen molar-refractivity contribution in [2.75, 3.05) is 6.61 Å². The Morgan fingerprint density at radius 2 is 1.32 bits per heavy atom. The minimum absolute atomic E-state index is 0.183. The van der Waals surface area contributed by atoms with Crippen molar-refractivity contribution < 1.29 is 4.74 Å². The summed E-state index contributed by atoms with van der Waals surface area (Å²) in [6, 6.07) is 1.72. The Bertz CT molecular complexity index is 253. The van der Waals surface area contributed by atoms with Crippen LogP contribution in [-0.2, 0) is 4.74 Å². The van der Waals surface area contributed by atoms with Crippen LogP contribution in [0, 0.1) is 0 Å². The van der Waals surface area contributed by atoms with E-state index in [-0.39, 0.29) is 9.84 Å². The molecule has 3 aliphatic rings. The van der Waals surface area contributed by atoms with E-state index in [0.29, 0.717) is 6.35 Å². The Kier molecular flexibility index (Phi) is 4.96. The Hall–Kier alpha value is 0.0969. The zero-order chi connectivity index (χ0) is 13.1. The van der Waals surface area contributed by atoms with Crippen LogP contribution in [0.4, 0.5) is 0 Å². The van der Waals surface area contributed by atoms with Crippen molar-refractivity contribution in [3.8, 4) is 0 Å². The van der Waals surface area contributed by atoms with Gasteiger partial charge in [0.25, 0.3) is 0 Å². The third-order valence-electron chi connectivity index (χ3n) is 5.30. The third-order valence-corrected chi connectivity index (χ3v) is 7.61. The van der Waals surface area contributed by atoms with Crippen molar-refractivity contribution in [2.45, 2.75) is 89.6 Å². The summed E-state index contributed by atoms with van der Waals surface area (Å²) in [6.07, 6.45) is 14.7. The fourth-order valence-corrected chi connectivity index (χ4v) is 6.35. The number of ether oxygens (including phenoxy) is 1. The summed E-state index contributed by atoms with van der Waals surface area (Å²) < 4.78 is 11.6. The molecule has 0 radical (unpaired) electrons. The second kappa shape index (κ2) is 6.70. The highest BCUT2D eigenvalue weighted by molar-refractivity contribution is 6.32. The summed E-state index contributed by atoms with van der Waals surface area (Å²) in [5.41, 5.74) is 0. The number of hydrogen-bond acceptors (Lipinski definition) is 3. The lowest BCUT2D eigenvalue weighted by atomic mass is 9.94. The van der Waals surface area contributed by atoms with Gasteiger partial charge in [0.15, 0.2) is 16.2 Å². The average molecular weight is 283 g/mol. The first-order valence-corrected chi connectivity index (χ1v) is 9.79. The van der Waals surface area contributed by atoms with Gasteiger partial charge in [-0.25, -0.2) is 0 Å². The van der Waals surface area contributed by atoms with E-state index in [4.69, 9.17) is 4.74 Å². The summed E-state index contributed by atoms with van der Waals surface area (Å²) in [4.78, 5) is 0. The maximum absolute atomic E-state index is 6.10. The minimum Gasteiger partial charge on any atom is -0.351 e. The van der Waals surface area contributed by atoms with Crippen molar-refractivity contribution in [1.29, 1.82) is 0 Å². The molecule has 0 amide bonds. The van der Waals surface area contributed by atoms with Gasteiger partial charge >= 0.3 is 0 Å². The van der Waals surface area contributed by atoms with Crippen molar-refractivity contribution in [3.05, 3.63) is 0 Å². The minimum atomic E-state index is -0.183. The lowest BCUT2D eigenvalue weighted by Gasteiger charge is -2.57. The predicted octanol–water partition coefficient (Wildman–Crippen LogP) is 2.59. The molecule has 3 rings (SSSR count). The van der Waals surface area contributed by atoms with Crippen LogP contribution < -0.4 is 0 Å². The largest absolute Gasteiger partial charge is 0.351 e. The van der Waals surface area contributed by atoms with Gasteiger partial charge in [-0.05, 0) is 32.6 Å². The van der Waals surface area contributed by atoms with Crippen molar-refractivity contribution in [3.63, 3.8) is 0 Å². The maximum Gasteiger partial charge on any atom is 0.180 e. The first-order valence-electron chi connectivity index (χ1n) is 8.53. The molecule has 2 aliphatic carbocycles. The van der Waals surface area contributed by atoms with Crippen molar-refractivity contribution >= 4 is 9.84 Å². The fraction of sp³-hybridized carbons (Fsp3) is 1.00. The van der Waals surface area contributed by atoms with Crippen LogP contribution in [0.25, 0.3) is 0 Å². The number of hydrogen-bond donors (Lipinski definition) is 0. The molecule has 1 saturated heterocycles. The molecule has 0 aromatic carbocycles. The molecule has 0 aromatic heterocycles. The maximum atomic E-state index is 6.10. The SMILES string of the molecule is CCOC1N(C2CCCCC2)[SiH2]N1C1CCCCC1. The second-order valence-corrected chi connectivity index (χ2v) is 8.28. The zero-order valence-electron chi connectivity index (χ0n) is 12.5. The number of nitrogens with zero attached hydrogens (tertiary/aromatic N) is 2. The predicted molar refractivity (Wildman–Crippen MR) is 81.4 cm³/mol. The Labute approximate surface area is 120 Å². The molecule has 3 fully saturated rings. The summed E-state index contributed by atoms with van der Waals surface area (Å²) in [5.74, 6) is 0. The van der Waals surface area contributed by atoms with Gasteiger partial charge in [0.2, 0.25) is 0 Å². The second-order valence-electron chi connectivity index (χ2n) is 6.54. The van der Waals surface area contributed by atoms with Crippen LogP contribution in [0.3, 0.4) is 0 Å². The Morgan fingerprint density at radius 3 is 1.74 bits per heavy atom. The summed E-state index contributed by atoms with van der Waals surface area (Å²) in [5, 5.41) is 0. The van der Waals surface area contributed by atoms with Crippen molar-refractivity contribution in [1.82, 2.24) is 9.13 Å². The van der Waals surface area contributed by atoms with E-state index >= 15 is 0 Å². The third kappa shape index (κ3) is 3.07. The molecule has 0 N–H and O–H groups in total. The van der Waals surface area contributed by atoms with E-state index in [1.807, 2.05) is 0 Å². The van der Waals surface area contributed by atoms with Crippen LogP contribution >= 0.6 is 0 Å². The van der Waals surface area contributed by atoms with E-state index in [2.05, 4.69) is 16.1 Å². The molecule has 0 unspecified atom stereocenters. The van der Waals surface area contributed by atoms with E-state index in [1.165, 1.54) is 64.2 Å². The van der Waals surface area contributed by atoms with Gasteiger partial charge in [-0.1, -0.05) is 38.5 Å². The van der Waals surface area contributed by atoms with E-state index in [1.54, 1.807) is 0 Å². The highest BCUT2D eigenvalue weighted by atomic mass is 28.2. The zero-order valence-corrected chi connectivity index (χ0v) is 13.9. The van der Waals surface area contributed by atoms with Gasteiger partial charge < -0.3 is 4.74 Å². The molecule has 19 heavy (non-hydrogen) atoms. The highest BCUT2D eigenvalue weighted by Crippen LogP contribution is 2.34. The van der Waals surface area contributed by atoms with Gasteiger partial charge in [-0.3, -0.25) is 9.13 Å².